The average Bonchev–Trinajstić information content (AvgIpc) is 2.61. The monoisotopic (exact) mass is 366 g/mol. The van der Waals surface area contributed by atoms with Gasteiger partial charge in [0.25, 0.3) is 0 Å². The molecule has 138 valence electrons. The lowest BCUT2D eigenvalue weighted by atomic mass is 10.0. The summed E-state index contributed by atoms with van der Waals surface area (Å²) >= 11 is 5.56. The van der Waals surface area contributed by atoms with Crippen LogP contribution in [0, 0.1) is 6.92 Å². The number of rotatable bonds is 8. The third kappa shape index (κ3) is 6.94. The Morgan fingerprint density at radius 1 is 1.20 bits per heavy atom. The number of nitrogens with one attached hydrogen (secondary N) is 1. The molecule has 0 radical (unpaired) electrons. The lowest BCUT2D eigenvalue weighted by molar-refractivity contribution is -0.132. The predicted molar refractivity (Wildman–Crippen MR) is 99.0 cm³/mol. The molecule has 1 saturated heterocycles. The number of aryl methyl sites for hydroxylation is 1. The second kappa shape index (κ2) is 10.3. The van der Waals surface area contributed by atoms with Crippen LogP contribution >= 0.6 is 11.6 Å². The first-order valence-corrected chi connectivity index (χ1v) is 9.44. The highest BCUT2D eigenvalue weighted by Gasteiger charge is 2.23. The van der Waals surface area contributed by atoms with Gasteiger partial charge in [-0.25, -0.2) is 0 Å². The number of alkyl halides is 1. The van der Waals surface area contributed by atoms with Crippen LogP contribution in [0.4, 0.5) is 0 Å². The third-order valence-corrected chi connectivity index (χ3v) is 4.55. The second-order valence-electron chi connectivity index (χ2n) is 6.43. The maximum absolute atomic E-state index is 12.3. The molecule has 6 heteroatoms. The molecule has 0 spiro atoms. The van der Waals surface area contributed by atoms with Crippen molar-refractivity contribution in [1.29, 1.82) is 0 Å². The van der Waals surface area contributed by atoms with Crippen molar-refractivity contribution in [3.05, 3.63) is 29.8 Å². The number of likely N-dealkylation sites (tertiary alicyclic amines) is 1. The number of benzene rings is 1. The molecular formula is C19H27ClN2O3. The van der Waals surface area contributed by atoms with Crippen LogP contribution < -0.4 is 10.1 Å². The Kier molecular flexibility index (Phi) is 8.06. The average molecular weight is 367 g/mol. The number of nitrogens with zero attached hydrogens (tertiary/aromatic N) is 1. The van der Waals surface area contributed by atoms with Gasteiger partial charge in [0.2, 0.25) is 11.8 Å². The van der Waals surface area contributed by atoms with Gasteiger partial charge in [0.15, 0.2) is 0 Å². The van der Waals surface area contributed by atoms with Crippen LogP contribution in [0.15, 0.2) is 24.3 Å². The van der Waals surface area contributed by atoms with Crippen LogP contribution in [0.1, 0.15) is 37.7 Å². The summed E-state index contributed by atoms with van der Waals surface area (Å²) in [7, 11) is 0. The van der Waals surface area contributed by atoms with E-state index in [1.807, 2.05) is 36.1 Å². The summed E-state index contributed by atoms with van der Waals surface area (Å²) in [6.07, 6.45) is 3.16. The molecule has 0 saturated carbocycles. The SMILES string of the molecule is Cc1ccc(OCCCC(=O)N2CCC(NC(=O)CCCl)CC2)cc1. The second-order valence-corrected chi connectivity index (χ2v) is 6.80. The molecule has 1 aliphatic rings. The zero-order valence-electron chi connectivity index (χ0n) is 14.8. The number of amides is 2. The lowest BCUT2D eigenvalue weighted by Crippen LogP contribution is -2.46. The van der Waals surface area contributed by atoms with Crippen molar-refractivity contribution in [3.63, 3.8) is 0 Å². The van der Waals surface area contributed by atoms with Crippen molar-refractivity contribution in [2.75, 3.05) is 25.6 Å². The number of hydrogen-bond donors (Lipinski definition) is 1. The Morgan fingerprint density at radius 2 is 1.88 bits per heavy atom. The zero-order chi connectivity index (χ0) is 18.1. The molecule has 1 heterocycles. The van der Waals surface area contributed by atoms with Gasteiger partial charge < -0.3 is 15.0 Å². The van der Waals surface area contributed by atoms with E-state index in [4.69, 9.17) is 16.3 Å². The molecule has 5 nitrogen and oxygen atoms in total. The van der Waals surface area contributed by atoms with Crippen LogP contribution in [0.5, 0.6) is 5.75 Å². The van der Waals surface area contributed by atoms with Gasteiger partial charge in [0.05, 0.1) is 6.61 Å². The highest BCUT2D eigenvalue weighted by atomic mass is 35.5. The largest absolute Gasteiger partial charge is 0.494 e. The Hall–Kier alpha value is -1.75. The first-order chi connectivity index (χ1) is 12.1. The van der Waals surface area contributed by atoms with E-state index in [0.29, 0.717) is 44.8 Å². The van der Waals surface area contributed by atoms with Gasteiger partial charge in [-0.15, -0.1) is 11.6 Å². The molecule has 0 aromatic heterocycles. The summed E-state index contributed by atoms with van der Waals surface area (Å²) in [4.78, 5) is 25.7. The number of piperidine rings is 1. The predicted octanol–water partition coefficient (Wildman–Crippen LogP) is 2.89. The summed E-state index contributed by atoms with van der Waals surface area (Å²) in [5.74, 6) is 1.34. The minimum atomic E-state index is -0.00645. The van der Waals surface area contributed by atoms with Crippen molar-refractivity contribution >= 4 is 23.4 Å². The minimum absolute atomic E-state index is 0.00645. The molecule has 1 aromatic rings. The van der Waals surface area contributed by atoms with Gasteiger partial charge in [-0.1, -0.05) is 17.7 Å². The van der Waals surface area contributed by atoms with E-state index in [9.17, 15) is 9.59 Å². The van der Waals surface area contributed by atoms with Gasteiger partial charge in [-0.05, 0) is 38.3 Å². The Bertz CT molecular complexity index is 554. The fourth-order valence-electron chi connectivity index (χ4n) is 2.86. The van der Waals surface area contributed by atoms with Gasteiger partial charge in [-0.2, -0.15) is 0 Å². The van der Waals surface area contributed by atoms with E-state index < -0.39 is 0 Å². The number of ether oxygens (including phenoxy) is 1. The maximum atomic E-state index is 12.3. The molecular weight excluding hydrogens is 340 g/mol. The minimum Gasteiger partial charge on any atom is -0.494 e. The fraction of sp³-hybridized carbons (Fsp3) is 0.579. The molecule has 0 aliphatic carbocycles. The Balaban J connectivity index is 1.60. The van der Waals surface area contributed by atoms with Crippen LogP contribution in [-0.4, -0.2) is 48.3 Å². The molecule has 2 rings (SSSR count). The van der Waals surface area contributed by atoms with Crippen molar-refractivity contribution in [2.24, 2.45) is 0 Å². The first kappa shape index (κ1) is 19.6. The molecule has 1 N–H and O–H groups in total. The van der Waals surface area contributed by atoms with E-state index in [1.165, 1.54) is 5.56 Å². The Morgan fingerprint density at radius 3 is 2.52 bits per heavy atom. The van der Waals surface area contributed by atoms with Crippen LogP contribution in [0.3, 0.4) is 0 Å². The Labute approximate surface area is 154 Å². The maximum Gasteiger partial charge on any atom is 0.222 e. The van der Waals surface area contributed by atoms with Gasteiger partial charge in [0, 0.05) is 37.9 Å². The highest BCUT2D eigenvalue weighted by Crippen LogP contribution is 2.14. The molecule has 25 heavy (non-hydrogen) atoms. The quantitative estimate of drug-likeness (QED) is 0.568. The first-order valence-electron chi connectivity index (χ1n) is 8.91. The summed E-state index contributed by atoms with van der Waals surface area (Å²) in [5, 5.41) is 2.97. The van der Waals surface area contributed by atoms with E-state index in [-0.39, 0.29) is 17.9 Å². The van der Waals surface area contributed by atoms with Gasteiger partial charge >= 0.3 is 0 Å². The van der Waals surface area contributed by atoms with Crippen LogP contribution in [0.25, 0.3) is 0 Å². The summed E-state index contributed by atoms with van der Waals surface area (Å²) in [6, 6.07) is 8.07. The van der Waals surface area contributed by atoms with E-state index in [2.05, 4.69) is 5.32 Å². The van der Waals surface area contributed by atoms with Gasteiger partial charge in [0.1, 0.15) is 5.75 Å². The molecule has 1 aromatic carbocycles. The summed E-state index contributed by atoms with van der Waals surface area (Å²) < 4.78 is 5.65. The van der Waals surface area contributed by atoms with E-state index >= 15 is 0 Å². The third-order valence-electron chi connectivity index (χ3n) is 4.36. The number of halogens is 1. The topological polar surface area (TPSA) is 58.6 Å². The van der Waals surface area contributed by atoms with Crippen molar-refractivity contribution in [2.45, 2.75) is 45.1 Å². The smallest absolute Gasteiger partial charge is 0.222 e. The molecule has 0 atom stereocenters. The number of hydrogen-bond acceptors (Lipinski definition) is 3. The zero-order valence-corrected chi connectivity index (χ0v) is 15.6. The standard InChI is InChI=1S/C19H27ClN2O3/c1-15-4-6-17(7-5-15)25-14-2-3-19(24)22-12-9-16(10-13-22)21-18(23)8-11-20/h4-7,16H,2-3,8-14H2,1H3,(H,21,23). The van der Waals surface area contributed by atoms with Crippen LogP contribution in [0.2, 0.25) is 0 Å². The number of carbonyl (C=O) groups excluding carboxylic acids is 2. The summed E-state index contributed by atoms with van der Waals surface area (Å²) in [5.41, 5.74) is 1.20. The van der Waals surface area contributed by atoms with E-state index in [1.54, 1.807) is 0 Å². The van der Waals surface area contributed by atoms with Crippen molar-refractivity contribution in [1.82, 2.24) is 10.2 Å². The van der Waals surface area contributed by atoms with Crippen molar-refractivity contribution in [3.8, 4) is 5.75 Å². The molecule has 0 bridgehead atoms. The van der Waals surface area contributed by atoms with Gasteiger partial charge in [-0.3, -0.25) is 9.59 Å². The molecule has 2 amide bonds. The molecule has 0 unspecified atom stereocenters. The fourth-order valence-corrected chi connectivity index (χ4v) is 3.04. The molecule has 1 fully saturated rings. The van der Waals surface area contributed by atoms with Crippen LogP contribution in [-0.2, 0) is 9.59 Å². The van der Waals surface area contributed by atoms with E-state index in [0.717, 1.165) is 18.6 Å². The molecule has 1 aliphatic heterocycles. The normalized spacial score (nSPS) is 15.0. The lowest BCUT2D eigenvalue weighted by Gasteiger charge is -2.32. The van der Waals surface area contributed by atoms with Crippen molar-refractivity contribution < 1.29 is 14.3 Å². The number of carbonyl (C=O) groups is 2. The summed E-state index contributed by atoms with van der Waals surface area (Å²) in [6.45, 7) is 3.97. The highest BCUT2D eigenvalue weighted by molar-refractivity contribution is 6.18.